The number of hydrogen-bond donors (Lipinski definition) is 4. The monoisotopic (exact) mass is 729 g/mol. The number of carboxylic acids is 1. The predicted octanol–water partition coefficient (Wildman–Crippen LogP) is 2.96. The molecule has 3 aliphatic carbocycles. The third-order valence-electron chi connectivity index (χ3n) is 12.0. The van der Waals surface area contributed by atoms with Gasteiger partial charge in [-0.1, -0.05) is 24.0 Å². The van der Waals surface area contributed by atoms with E-state index in [1.807, 2.05) is 0 Å². The molecule has 3 saturated carbocycles. The molecule has 8 atom stereocenters. The van der Waals surface area contributed by atoms with Gasteiger partial charge in [0.05, 0.1) is 0 Å². The molecular formula is C40H62B3N3O7. The number of allylic oxidation sites excluding steroid dienone is 3. The van der Waals surface area contributed by atoms with Gasteiger partial charge in [-0.2, -0.15) is 0 Å². The van der Waals surface area contributed by atoms with Crippen molar-refractivity contribution < 1.29 is 33.9 Å². The molecule has 3 rings (SSSR count). The van der Waals surface area contributed by atoms with Crippen LogP contribution in [-0.4, -0.2) is 87.0 Å². The van der Waals surface area contributed by atoms with Crippen LogP contribution in [0.1, 0.15) is 122 Å². The summed E-state index contributed by atoms with van der Waals surface area (Å²) in [4.78, 5) is 77.7. The Bertz CT molecular complexity index is 1430. The van der Waals surface area contributed by atoms with Gasteiger partial charge in [0.2, 0.25) is 0 Å². The van der Waals surface area contributed by atoms with Crippen molar-refractivity contribution in [3.05, 3.63) is 36.5 Å². The molecule has 0 radical (unpaired) electrons. The molecule has 288 valence electrons. The molecule has 13 heteroatoms. The first kappa shape index (κ1) is 44.1. The minimum atomic E-state index is -0.974. The fourth-order valence-electron chi connectivity index (χ4n) is 8.03. The Balaban J connectivity index is 1.61. The molecule has 0 aromatic carbocycles. The first-order chi connectivity index (χ1) is 25.0. The van der Waals surface area contributed by atoms with E-state index < -0.39 is 35.9 Å². The van der Waals surface area contributed by atoms with Gasteiger partial charge in [-0.05, 0) is 62.0 Å². The Labute approximate surface area is 319 Å². The molecule has 0 aliphatic heterocycles. The fourth-order valence-corrected chi connectivity index (χ4v) is 8.03. The molecule has 10 nitrogen and oxygen atoms in total. The van der Waals surface area contributed by atoms with Gasteiger partial charge in [0.1, 0.15) is 21.5 Å². The summed E-state index contributed by atoms with van der Waals surface area (Å²) in [5.74, 6) is -0.964. The summed E-state index contributed by atoms with van der Waals surface area (Å²) >= 11 is 0. The molecule has 0 aromatic rings. The third kappa shape index (κ3) is 15.1. The molecule has 2 amide bonds. The van der Waals surface area contributed by atoms with Crippen LogP contribution in [0.2, 0.25) is 11.6 Å². The van der Waals surface area contributed by atoms with E-state index in [0.29, 0.717) is 24.5 Å². The second-order valence-corrected chi connectivity index (χ2v) is 16.5. The molecule has 0 heterocycles. The van der Waals surface area contributed by atoms with Gasteiger partial charge in [0.25, 0.3) is 0 Å². The van der Waals surface area contributed by atoms with Crippen LogP contribution < -0.4 is 16.4 Å². The number of carboxylic acid groups (broad SMARTS) is 1. The summed E-state index contributed by atoms with van der Waals surface area (Å²) in [7, 11) is 8.32. The summed E-state index contributed by atoms with van der Waals surface area (Å²) in [6, 6.07) is -2.57. The van der Waals surface area contributed by atoms with Crippen molar-refractivity contribution in [3.63, 3.8) is 0 Å². The topological polar surface area (TPSA) is 173 Å². The van der Waals surface area contributed by atoms with E-state index in [0.717, 1.165) is 73.5 Å². The Kier molecular flexibility index (Phi) is 17.9. The van der Waals surface area contributed by atoms with Crippen molar-refractivity contribution in [1.29, 1.82) is 0 Å². The number of nitrogens with two attached hydrogens (primary N) is 1. The van der Waals surface area contributed by atoms with E-state index in [-0.39, 0.29) is 92.9 Å². The van der Waals surface area contributed by atoms with Gasteiger partial charge in [-0.25, -0.2) is 0 Å². The zero-order valence-electron chi connectivity index (χ0n) is 32.4. The minimum absolute atomic E-state index is 0.0299. The molecule has 53 heavy (non-hydrogen) atoms. The average molecular weight is 729 g/mol. The number of carbonyl (C=O) groups is 6. The van der Waals surface area contributed by atoms with Gasteiger partial charge < -0.3 is 10.8 Å². The van der Waals surface area contributed by atoms with Crippen LogP contribution in [-0.2, 0) is 28.8 Å². The van der Waals surface area contributed by atoms with Crippen LogP contribution in [0.5, 0.6) is 0 Å². The molecule has 0 aromatic heterocycles. The van der Waals surface area contributed by atoms with E-state index in [2.05, 4.69) is 53.6 Å². The molecule has 3 fully saturated rings. The Morgan fingerprint density at radius 2 is 1.17 bits per heavy atom. The van der Waals surface area contributed by atoms with Crippen LogP contribution in [0.3, 0.4) is 0 Å². The Hall–Kier alpha value is -3.34. The second-order valence-electron chi connectivity index (χ2n) is 16.5. The summed E-state index contributed by atoms with van der Waals surface area (Å²) in [5, 5.41) is 14.8. The van der Waals surface area contributed by atoms with Gasteiger partial charge >= 0.3 is 149 Å². The Morgan fingerprint density at radius 3 is 1.66 bits per heavy atom. The van der Waals surface area contributed by atoms with Crippen molar-refractivity contribution in [2.24, 2.45) is 23.5 Å². The summed E-state index contributed by atoms with van der Waals surface area (Å²) in [5.41, 5.74) is 10.4. The number of amides is 2. The van der Waals surface area contributed by atoms with Gasteiger partial charge in [0.15, 0.2) is 5.78 Å². The number of rotatable bonds is 21. The number of nitrogens with one attached hydrogen (secondary N) is 2. The summed E-state index contributed by atoms with van der Waals surface area (Å²) in [6.07, 6.45) is 8.72. The maximum atomic E-state index is 13.7. The van der Waals surface area contributed by atoms with Gasteiger partial charge in [0, 0.05) is 19.3 Å². The average Bonchev–Trinajstić information content (AvgIpc) is 3.09. The maximum absolute atomic E-state index is 13.7. The quantitative estimate of drug-likeness (QED) is 0.103. The van der Waals surface area contributed by atoms with Crippen LogP contribution in [0.15, 0.2) is 36.5 Å². The van der Waals surface area contributed by atoms with E-state index >= 15 is 0 Å². The van der Waals surface area contributed by atoms with Crippen LogP contribution in [0.25, 0.3) is 0 Å². The van der Waals surface area contributed by atoms with Crippen molar-refractivity contribution in [3.8, 4) is 0 Å². The van der Waals surface area contributed by atoms with Crippen molar-refractivity contribution in [2.75, 3.05) is 0 Å². The van der Waals surface area contributed by atoms with E-state index in [4.69, 9.17) is 5.73 Å². The zero-order valence-corrected chi connectivity index (χ0v) is 32.4. The number of aliphatic carboxylic acids is 1. The third-order valence-corrected chi connectivity index (χ3v) is 12.0. The number of hydrogen-bond acceptors (Lipinski definition) is 7. The molecule has 6 unspecified atom stereocenters. The normalized spacial score (nSPS) is 25.2. The predicted molar refractivity (Wildman–Crippen MR) is 217 cm³/mol. The molecule has 3 aliphatic rings. The van der Waals surface area contributed by atoms with Gasteiger partial charge in [-0.3, -0.25) is 14.4 Å². The van der Waals surface area contributed by atoms with Crippen LogP contribution >= 0.6 is 0 Å². The molecule has 5 N–H and O–H groups in total. The standard InChI is InChI=1S/C40H62B3N3O7/c1-23-17-26(7-10-29(23)41)20-35(47)32(44)13-15-38(50)46-34(37(49)22-28-9-12-31(43)25(3)19-28)14-16-39(51)45-33(5-4-6-40(52)53)36(48)21-27-8-11-30(42)24(2)18-27/h26-30,32-34,43H,1-22,41-42,44H2,(H,45,51)(H,46,50)(H,52,53)/t26?,27?,28?,29-,30-,32?,33?,34?/m0/s1. The molecular weight excluding hydrogens is 667 g/mol. The van der Waals surface area contributed by atoms with Crippen LogP contribution in [0, 0.1) is 17.8 Å². The summed E-state index contributed by atoms with van der Waals surface area (Å²) in [6.45, 7) is 12.4. The number of carbonyl (C=O) groups excluding carboxylic acids is 5. The Morgan fingerprint density at radius 1 is 0.698 bits per heavy atom. The zero-order chi connectivity index (χ0) is 39.2. The molecule has 0 saturated heterocycles. The van der Waals surface area contributed by atoms with Crippen molar-refractivity contribution in [2.45, 2.75) is 152 Å². The SMILES string of the molecule is B=C1CCC(CC(=O)C(CCC(=O)NC(CCCC(=O)O)C(=O)CC2CC[C@H](B)C(=C)C2)NC(=O)CCC(N)C(=O)CC2CC[C@H](B)C(=C)C2)CC1=C. The summed E-state index contributed by atoms with van der Waals surface area (Å²) < 4.78 is 0. The van der Waals surface area contributed by atoms with E-state index in [1.54, 1.807) is 0 Å². The van der Waals surface area contributed by atoms with Crippen molar-refractivity contribution in [1.82, 2.24) is 10.6 Å². The molecule has 0 spiro atoms. The number of ketones is 3. The molecule has 0 bridgehead atoms. The first-order valence-electron chi connectivity index (χ1n) is 19.9. The number of Topliss-reactive ketones (excluding diaryl/α,β-unsaturated/α-hetero) is 3. The first-order valence-corrected chi connectivity index (χ1v) is 19.9. The van der Waals surface area contributed by atoms with Crippen molar-refractivity contribution >= 4 is 63.8 Å². The van der Waals surface area contributed by atoms with Gasteiger partial charge in [-0.15, -0.1) is 13.2 Å². The fraction of sp³-hybridized carbons (Fsp3) is 0.675. The van der Waals surface area contributed by atoms with E-state index in [9.17, 15) is 33.9 Å². The van der Waals surface area contributed by atoms with E-state index in [1.165, 1.54) is 0 Å². The van der Waals surface area contributed by atoms with Crippen LogP contribution in [0.4, 0.5) is 0 Å². The second kappa shape index (κ2) is 21.5.